The highest BCUT2D eigenvalue weighted by Crippen LogP contribution is 2.20. The number of benzene rings is 3. The molecule has 0 aromatic heterocycles. The number of oxime groups is 1. The van der Waals surface area contributed by atoms with Gasteiger partial charge in [-0.05, 0) is 61.0 Å². The molecule has 0 spiro atoms. The fourth-order valence-electron chi connectivity index (χ4n) is 4.18. The van der Waals surface area contributed by atoms with Crippen molar-refractivity contribution in [1.29, 1.82) is 0 Å². The van der Waals surface area contributed by atoms with Crippen LogP contribution < -0.4 is 16.0 Å². The Labute approximate surface area is 229 Å². The zero-order chi connectivity index (χ0) is 27.6. The van der Waals surface area contributed by atoms with Crippen molar-refractivity contribution < 1.29 is 14.7 Å². The maximum absolute atomic E-state index is 12.5. The topological polar surface area (TPSA) is 98.2 Å². The molecule has 202 valence electrons. The number of anilines is 3. The minimum Gasteiger partial charge on any atom is -0.410 e. The third-order valence-corrected chi connectivity index (χ3v) is 6.51. The van der Waals surface area contributed by atoms with Crippen LogP contribution in [0.2, 0.25) is 0 Å². The van der Waals surface area contributed by atoms with Crippen LogP contribution in [0, 0.1) is 5.92 Å². The number of hydrogen-bond donors (Lipinski definition) is 4. The molecule has 1 atom stereocenters. The molecule has 39 heavy (non-hydrogen) atoms. The summed E-state index contributed by atoms with van der Waals surface area (Å²) in [6.45, 7) is 1.06. The summed E-state index contributed by atoms with van der Waals surface area (Å²) < 4.78 is 5.82. The van der Waals surface area contributed by atoms with Gasteiger partial charge in [0.25, 0.3) is 5.91 Å². The van der Waals surface area contributed by atoms with Crippen LogP contribution in [0.4, 0.5) is 17.1 Å². The Morgan fingerprint density at radius 1 is 0.923 bits per heavy atom. The van der Waals surface area contributed by atoms with Crippen molar-refractivity contribution in [3.05, 3.63) is 113 Å². The second-order valence-electron chi connectivity index (χ2n) is 9.46. The second kappa shape index (κ2) is 13.3. The first-order chi connectivity index (χ1) is 19.0. The van der Waals surface area contributed by atoms with Crippen LogP contribution in [0.1, 0.15) is 27.9 Å². The molecular weight excluding hydrogens is 490 g/mol. The van der Waals surface area contributed by atoms with Gasteiger partial charge in [0.15, 0.2) is 0 Å². The van der Waals surface area contributed by atoms with Gasteiger partial charge >= 0.3 is 0 Å². The number of rotatable bonds is 11. The predicted molar refractivity (Wildman–Crippen MR) is 158 cm³/mol. The Balaban J connectivity index is 1.27. The van der Waals surface area contributed by atoms with E-state index < -0.39 is 0 Å². The van der Waals surface area contributed by atoms with Crippen molar-refractivity contribution in [2.75, 3.05) is 50.4 Å². The van der Waals surface area contributed by atoms with Gasteiger partial charge in [-0.15, -0.1) is 0 Å². The summed E-state index contributed by atoms with van der Waals surface area (Å²) in [7, 11) is 5.92. The van der Waals surface area contributed by atoms with Crippen LogP contribution in [-0.4, -0.2) is 56.2 Å². The summed E-state index contributed by atoms with van der Waals surface area (Å²) in [5.74, 6) is 0.185. The largest absolute Gasteiger partial charge is 0.410 e. The van der Waals surface area contributed by atoms with Gasteiger partial charge in [-0.25, -0.2) is 0 Å². The summed E-state index contributed by atoms with van der Waals surface area (Å²) in [4.78, 5) is 14.6. The van der Waals surface area contributed by atoms with Crippen molar-refractivity contribution in [1.82, 2.24) is 4.90 Å². The van der Waals surface area contributed by atoms with E-state index in [0.29, 0.717) is 36.2 Å². The number of carbonyl (C=O) groups is 1. The van der Waals surface area contributed by atoms with Gasteiger partial charge in [0.05, 0.1) is 6.61 Å². The van der Waals surface area contributed by atoms with Crippen LogP contribution in [0.5, 0.6) is 0 Å². The summed E-state index contributed by atoms with van der Waals surface area (Å²) >= 11 is 0. The summed E-state index contributed by atoms with van der Waals surface area (Å²) in [5, 5.41) is 22.4. The molecule has 3 aromatic carbocycles. The molecule has 1 unspecified atom stereocenters. The van der Waals surface area contributed by atoms with Gasteiger partial charge < -0.3 is 30.8 Å². The minimum atomic E-state index is -0.195. The van der Waals surface area contributed by atoms with E-state index in [2.05, 4.69) is 44.2 Å². The first kappa shape index (κ1) is 27.5. The zero-order valence-electron chi connectivity index (χ0n) is 22.5. The maximum Gasteiger partial charge on any atom is 0.255 e. The quantitative estimate of drug-likeness (QED) is 0.0854. The molecule has 3 aromatic rings. The average molecular weight is 526 g/mol. The Morgan fingerprint density at radius 2 is 1.51 bits per heavy atom. The van der Waals surface area contributed by atoms with Gasteiger partial charge in [0.2, 0.25) is 0 Å². The third kappa shape index (κ3) is 7.49. The lowest BCUT2D eigenvalue weighted by Crippen LogP contribution is -2.16. The Bertz CT molecular complexity index is 1330. The van der Waals surface area contributed by atoms with Gasteiger partial charge in [-0.1, -0.05) is 41.6 Å². The van der Waals surface area contributed by atoms with Gasteiger partial charge in [0.1, 0.15) is 12.4 Å². The zero-order valence-corrected chi connectivity index (χ0v) is 22.5. The molecule has 0 heterocycles. The predicted octanol–water partition coefficient (Wildman–Crippen LogP) is 5.61. The monoisotopic (exact) mass is 525 g/mol. The average Bonchev–Trinajstić information content (AvgIpc) is 2.97. The smallest absolute Gasteiger partial charge is 0.255 e. The molecule has 8 heteroatoms. The number of hydrogen-bond acceptors (Lipinski definition) is 7. The van der Waals surface area contributed by atoms with Crippen LogP contribution >= 0.6 is 0 Å². The summed E-state index contributed by atoms with van der Waals surface area (Å²) in [5.41, 5.74) is 6.22. The van der Waals surface area contributed by atoms with E-state index >= 15 is 0 Å². The lowest BCUT2D eigenvalue weighted by Gasteiger charge is -2.21. The molecule has 0 radical (unpaired) electrons. The minimum absolute atomic E-state index is 0.195. The fraction of sp³-hybridized carbons (Fsp3) is 0.226. The first-order valence-corrected chi connectivity index (χ1v) is 12.9. The van der Waals surface area contributed by atoms with E-state index in [0.717, 1.165) is 28.9 Å². The first-order valence-electron chi connectivity index (χ1n) is 12.9. The SMILES string of the molecule is CNc1ccc(C(=O)Nc2ccc(/C(=N\O)c3ccc(NCOCC4C=CC(N(C)C)=CC4)cc3)cc2)cc1. The van der Waals surface area contributed by atoms with Crippen LogP contribution in [0.25, 0.3) is 0 Å². The molecule has 0 saturated carbocycles. The van der Waals surface area contributed by atoms with Crippen molar-refractivity contribution in [2.45, 2.75) is 6.42 Å². The van der Waals surface area contributed by atoms with E-state index in [1.54, 1.807) is 24.3 Å². The van der Waals surface area contributed by atoms with Crippen molar-refractivity contribution >= 4 is 28.7 Å². The van der Waals surface area contributed by atoms with Gasteiger partial charge in [-0.2, -0.15) is 0 Å². The van der Waals surface area contributed by atoms with E-state index in [1.165, 1.54) is 5.70 Å². The van der Waals surface area contributed by atoms with E-state index in [4.69, 9.17) is 4.74 Å². The summed E-state index contributed by atoms with van der Waals surface area (Å²) in [6.07, 6.45) is 7.54. The molecule has 0 bridgehead atoms. The fourth-order valence-corrected chi connectivity index (χ4v) is 4.18. The number of ether oxygens (including phenoxy) is 1. The number of allylic oxidation sites excluding steroid dienone is 2. The van der Waals surface area contributed by atoms with Crippen LogP contribution in [0.3, 0.4) is 0 Å². The van der Waals surface area contributed by atoms with Crippen molar-refractivity contribution in [2.24, 2.45) is 11.1 Å². The molecule has 1 aliphatic rings. The van der Waals surface area contributed by atoms with E-state index in [9.17, 15) is 10.0 Å². The van der Waals surface area contributed by atoms with Gasteiger partial charge in [-0.3, -0.25) is 4.79 Å². The standard InChI is InChI=1S/C31H35N5O3/c1-32-26-12-10-25(11-13-26)31(37)34-28-16-8-24(9-17-28)30(35-38)23-6-14-27(15-7-23)33-21-39-20-22-4-18-29(19-5-22)36(2)3/h4,6-19,22,32-33,38H,5,20-21H2,1-3H3,(H,34,37)/b35-30-. The number of nitrogens with zero attached hydrogens (tertiary/aromatic N) is 2. The van der Waals surface area contributed by atoms with E-state index in [-0.39, 0.29) is 5.91 Å². The Morgan fingerprint density at radius 3 is 2.05 bits per heavy atom. The molecular formula is C31H35N5O3. The Hall–Kier alpha value is -4.56. The number of amides is 1. The second-order valence-corrected chi connectivity index (χ2v) is 9.46. The normalized spacial score (nSPS) is 14.9. The molecule has 0 aliphatic heterocycles. The highest BCUT2D eigenvalue weighted by molar-refractivity contribution is 6.13. The van der Waals surface area contributed by atoms with Crippen LogP contribution in [0.15, 0.2) is 102 Å². The van der Waals surface area contributed by atoms with Gasteiger partial charge in [0, 0.05) is 66.5 Å². The van der Waals surface area contributed by atoms with Crippen molar-refractivity contribution in [3.8, 4) is 0 Å². The lowest BCUT2D eigenvalue weighted by atomic mass is 10.0. The number of likely N-dealkylation sites (N-methyl/N-ethyl adjacent to an activating group) is 1. The molecule has 1 amide bonds. The molecule has 0 saturated heterocycles. The summed E-state index contributed by atoms with van der Waals surface area (Å²) in [6, 6.07) is 22.0. The lowest BCUT2D eigenvalue weighted by molar-refractivity contribution is 0.102. The molecule has 1 aliphatic carbocycles. The Kier molecular flexibility index (Phi) is 9.37. The molecule has 4 N–H and O–H groups in total. The van der Waals surface area contributed by atoms with Crippen molar-refractivity contribution in [3.63, 3.8) is 0 Å². The van der Waals surface area contributed by atoms with E-state index in [1.807, 2.05) is 69.7 Å². The maximum atomic E-state index is 12.5. The highest BCUT2D eigenvalue weighted by Gasteiger charge is 2.12. The molecule has 8 nitrogen and oxygen atoms in total. The van der Waals surface area contributed by atoms with Crippen LogP contribution in [-0.2, 0) is 4.74 Å². The number of nitrogens with one attached hydrogen (secondary N) is 3. The number of carbonyl (C=O) groups excluding carboxylic acids is 1. The molecule has 0 fully saturated rings. The molecule has 4 rings (SSSR count). The third-order valence-electron chi connectivity index (χ3n) is 6.51. The highest BCUT2D eigenvalue weighted by atomic mass is 16.5.